The van der Waals surface area contributed by atoms with Crippen LogP contribution < -0.4 is 14.8 Å². The zero-order chi connectivity index (χ0) is 22.6. The summed E-state index contributed by atoms with van der Waals surface area (Å²) in [4.78, 5) is 20.2. The predicted octanol–water partition coefficient (Wildman–Crippen LogP) is 4.25. The molecule has 10 heteroatoms. The van der Waals surface area contributed by atoms with Gasteiger partial charge in [-0.3, -0.25) is 4.79 Å². The lowest BCUT2D eigenvalue weighted by Gasteiger charge is -2.11. The highest BCUT2D eigenvalue weighted by Crippen LogP contribution is 2.34. The number of hydrogen-bond acceptors (Lipinski definition) is 6. The van der Waals surface area contributed by atoms with Crippen LogP contribution >= 0.6 is 11.8 Å². The van der Waals surface area contributed by atoms with Crippen molar-refractivity contribution in [2.45, 2.75) is 24.0 Å². The van der Waals surface area contributed by atoms with Crippen molar-refractivity contribution in [1.29, 1.82) is 0 Å². The number of nitrogens with zero attached hydrogens (tertiary/aromatic N) is 2. The molecule has 1 aromatic heterocycles. The van der Waals surface area contributed by atoms with Gasteiger partial charge in [0.05, 0.1) is 12.3 Å². The quantitative estimate of drug-likeness (QED) is 0.419. The van der Waals surface area contributed by atoms with E-state index >= 15 is 0 Å². The summed E-state index contributed by atoms with van der Waals surface area (Å²) >= 11 is 1.25. The van der Waals surface area contributed by atoms with E-state index in [1.807, 2.05) is 6.07 Å². The molecule has 0 saturated carbocycles. The highest BCUT2D eigenvalue weighted by molar-refractivity contribution is 7.99. The van der Waals surface area contributed by atoms with Crippen LogP contribution in [-0.2, 0) is 11.2 Å². The van der Waals surface area contributed by atoms with Gasteiger partial charge in [0.2, 0.25) is 5.91 Å². The fourth-order valence-corrected chi connectivity index (χ4v) is 3.89. The molecule has 1 amide bonds. The molecular weight excluding hydrogens is 443 g/mol. The van der Waals surface area contributed by atoms with Crippen LogP contribution in [0.2, 0.25) is 0 Å². The van der Waals surface area contributed by atoms with Crippen molar-refractivity contribution < 1.29 is 27.4 Å². The van der Waals surface area contributed by atoms with Gasteiger partial charge in [0.15, 0.2) is 5.16 Å². The molecule has 2 aromatic carbocycles. The number of fused-ring (bicyclic) bond motifs is 1. The highest BCUT2D eigenvalue weighted by atomic mass is 32.2. The van der Waals surface area contributed by atoms with Gasteiger partial charge in [-0.05, 0) is 47.0 Å². The molecule has 166 valence electrons. The van der Waals surface area contributed by atoms with E-state index in [0.29, 0.717) is 29.4 Å². The molecule has 0 fully saturated rings. The van der Waals surface area contributed by atoms with Gasteiger partial charge >= 0.3 is 6.36 Å². The summed E-state index contributed by atoms with van der Waals surface area (Å²) in [6.45, 7) is 0.341. The number of nitrogens with one attached hydrogen (secondary N) is 1. The minimum absolute atomic E-state index is 0.149. The third-order valence-corrected chi connectivity index (χ3v) is 5.48. The van der Waals surface area contributed by atoms with Crippen molar-refractivity contribution in [1.82, 2.24) is 15.3 Å². The summed E-state index contributed by atoms with van der Waals surface area (Å²) in [5, 5.41) is 3.37. The number of carbonyl (C=O) groups excluding carboxylic acids is 1. The van der Waals surface area contributed by atoms with E-state index in [1.54, 1.807) is 36.7 Å². The van der Waals surface area contributed by atoms with Crippen molar-refractivity contribution in [3.63, 3.8) is 0 Å². The Morgan fingerprint density at radius 1 is 1.12 bits per heavy atom. The van der Waals surface area contributed by atoms with Gasteiger partial charge in [0, 0.05) is 18.8 Å². The van der Waals surface area contributed by atoms with E-state index in [0.717, 1.165) is 11.1 Å². The van der Waals surface area contributed by atoms with Gasteiger partial charge < -0.3 is 14.8 Å². The first-order valence-electron chi connectivity index (χ1n) is 9.68. The van der Waals surface area contributed by atoms with Crippen LogP contribution in [-0.4, -0.2) is 40.6 Å². The summed E-state index contributed by atoms with van der Waals surface area (Å²) in [6.07, 6.45) is -1.15. The number of aromatic nitrogens is 2. The molecule has 4 rings (SSSR count). The van der Waals surface area contributed by atoms with E-state index in [-0.39, 0.29) is 23.5 Å². The SMILES string of the molecule is O=C(CSc1ncccn1)NCC1Cc2cc(-c3cccc(OC(F)(F)F)c3)ccc2O1. The lowest BCUT2D eigenvalue weighted by molar-refractivity contribution is -0.274. The first-order valence-corrected chi connectivity index (χ1v) is 10.7. The van der Waals surface area contributed by atoms with E-state index < -0.39 is 6.36 Å². The molecule has 1 N–H and O–H groups in total. The van der Waals surface area contributed by atoms with Crippen molar-refractivity contribution in [3.8, 4) is 22.6 Å². The van der Waals surface area contributed by atoms with Gasteiger partial charge in [0.25, 0.3) is 0 Å². The Labute approximate surface area is 186 Å². The van der Waals surface area contributed by atoms with E-state index in [9.17, 15) is 18.0 Å². The number of amides is 1. The molecule has 0 aliphatic carbocycles. The number of hydrogen-bond donors (Lipinski definition) is 1. The Morgan fingerprint density at radius 3 is 2.69 bits per heavy atom. The molecule has 0 saturated heterocycles. The van der Waals surface area contributed by atoms with Crippen LogP contribution in [0, 0.1) is 0 Å². The maximum Gasteiger partial charge on any atom is 0.573 e. The Bertz CT molecular complexity index is 1100. The molecule has 1 unspecified atom stereocenters. The smallest absolute Gasteiger partial charge is 0.488 e. The Morgan fingerprint density at radius 2 is 1.91 bits per heavy atom. The molecule has 6 nitrogen and oxygen atoms in total. The lowest BCUT2D eigenvalue weighted by atomic mass is 10.0. The van der Waals surface area contributed by atoms with E-state index in [2.05, 4.69) is 20.0 Å². The van der Waals surface area contributed by atoms with E-state index in [1.165, 1.54) is 30.0 Å². The number of alkyl halides is 3. The van der Waals surface area contributed by atoms with Crippen LogP contribution in [0.25, 0.3) is 11.1 Å². The number of benzene rings is 2. The molecular formula is C22H18F3N3O3S. The van der Waals surface area contributed by atoms with Gasteiger partial charge in [-0.25, -0.2) is 9.97 Å². The summed E-state index contributed by atoms with van der Waals surface area (Å²) in [6, 6.07) is 13.0. The molecule has 32 heavy (non-hydrogen) atoms. The topological polar surface area (TPSA) is 73.3 Å². The summed E-state index contributed by atoms with van der Waals surface area (Å²) < 4.78 is 47.3. The monoisotopic (exact) mass is 461 g/mol. The molecule has 1 aliphatic rings. The average molecular weight is 461 g/mol. The maximum atomic E-state index is 12.5. The van der Waals surface area contributed by atoms with Crippen molar-refractivity contribution in [2.24, 2.45) is 0 Å². The third kappa shape index (κ3) is 5.91. The minimum Gasteiger partial charge on any atom is -0.488 e. The zero-order valence-corrected chi connectivity index (χ0v) is 17.4. The van der Waals surface area contributed by atoms with Crippen LogP contribution in [0.1, 0.15) is 5.56 Å². The standard InChI is InChI=1S/C22H18F3N3O3S/c23-22(24,25)31-17-4-1-3-14(10-17)15-5-6-19-16(9-15)11-18(30-19)12-28-20(29)13-32-21-26-7-2-8-27-21/h1-10,18H,11-13H2,(H,28,29). The summed E-state index contributed by atoms with van der Waals surface area (Å²) in [5.74, 6) is 0.475. The fraction of sp³-hybridized carbons (Fsp3) is 0.227. The van der Waals surface area contributed by atoms with Crippen LogP contribution in [0.4, 0.5) is 13.2 Å². The predicted molar refractivity (Wildman–Crippen MR) is 112 cm³/mol. The van der Waals surface area contributed by atoms with Gasteiger partial charge in [0.1, 0.15) is 17.6 Å². The second-order valence-electron chi connectivity index (χ2n) is 6.97. The second-order valence-corrected chi connectivity index (χ2v) is 7.91. The van der Waals surface area contributed by atoms with Crippen LogP contribution in [0.15, 0.2) is 66.1 Å². The fourth-order valence-electron chi connectivity index (χ4n) is 3.26. The van der Waals surface area contributed by atoms with Crippen LogP contribution in [0.5, 0.6) is 11.5 Å². The number of halogens is 3. The van der Waals surface area contributed by atoms with E-state index in [4.69, 9.17) is 4.74 Å². The Hall–Kier alpha value is -3.27. The normalized spacial score (nSPS) is 15.0. The summed E-state index contributed by atoms with van der Waals surface area (Å²) in [5.41, 5.74) is 2.28. The summed E-state index contributed by atoms with van der Waals surface area (Å²) in [7, 11) is 0. The molecule has 0 bridgehead atoms. The molecule has 0 spiro atoms. The number of ether oxygens (including phenoxy) is 2. The largest absolute Gasteiger partial charge is 0.573 e. The van der Waals surface area contributed by atoms with Crippen molar-refractivity contribution >= 4 is 17.7 Å². The third-order valence-electron chi connectivity index (χ3n) is 4.60. The Kier molecular flexibility index (Phi) is 6.50. The first kappa shape index (κ1) is 21.9. The number of thioether (sulfide) groups is 1. The highest BCUT2D eigenvalue weighted by Gasteiger charge is 2.31. The molecule has 1 atom stereocenters. The van der Waals surface area contributed by atoms with Gasteiger partial charge in [-0.15, -0.1) is 13.2 Å². The number of rotatable bonds is 7. The second kappa shape index (κ2) is 9.47. The minimum atomic E-state index is -4.74. The average Bonchev–Trinajstić information content (AvgIpc) is 3.18. The van der Waals surface area contributed by atoms with Gasteiger partial charge in [-0.1, -0.05) is 30.0 Å². The van der Waals surface area contributed by atoms with Gasteiger partial charge in [-0.2, -0.15) is 0 Å². The van der Waals surface area contributed by atoms with Crippen molar-refractivity contribution in [2.75, 3.05) is 12.3 Å². The lowest BCUT2D eigenvalue weighted by Crippen LogP contribution is -2.35. The first-order chi connectivity index (χ1) is 15.4. The van der Waals surface area contributed by atoms with Crippen molar-refractivity contribution in [3.05, 3.63) is 66.5 Å². The zero-order valence-electron chi connectivity index (χ0n) is 16.6. The molecule has 0 radical (unpaired) electrons. The number of carbonyl (C=O) groups is 1. The molecule has 1 aliphatic heterocycles. The molecule has 2 heterocycles. The Balaban J connectivity index is 1.33. The van der Waals surface area contributed by atoms with Crippen LogP contribution in [0.3, 0.4) is 0 Å². The maximum absolute atomic E-state index is 12.5. The molecule has 3 aromatic rings.